The van der Waals surface area contributed by atoms with Gasteiger partial charge >= 0.3 is 6.18 Å². The van der Waals surface area contributed by atoms with Crippen molar-refractivity contribution < 1.29 is 32.1 Å². The minimum Gasteiger partial charge on any atom is -0.493 e. The number of nitrogens with zero attached hydrogens (tertiary/aromatic N) is 2. The van der Waals surface area contributed by atoms with Crippen molar-refractivity contribution in [3.63, 3.8) is 0 Å². The Morgan fingerprint density at radius 3 is 2.71 bits per heavy atom. The Hall–Kier alpha value is -2.20. The summed E-state index contributed by atoms with van der Waals surface area (Å²) in [6.45, 7) is 4.51. The lowest BCUT2D eigenvalue weighted by Crippen LogP contribution is -2.53. The van der Waals surface area contributed by atoms with Crippen LogP contribution in [0, 0.1) is 0 Å². The number of alkyl halides is 3. The molecule has 2 heterocycles. The van der Waals surface area contributed by atoms with Crippen LogP contribution in [0.4, 0.5) is 13.2 Å². The number of nitrogens with one attached hydrogen (secondary N) is 1. The van der Waals surface area contributed by atoms with E-state index < -0.39 is 12.8 Å². The molecule has 0 aliphatic carbocycles. The van der Waals surface area contributed by atoms with E-state index in [9.17, 15) is 13.2 Å². The Labute approximate surface area is 180 Å². The number of guanidine groups is 1. The van der Waals surface area contributed by atoms with Crippen molar-refractivity contribution in [2.75, 3.05) is 46.6 Å². The highest BCUT2D eigenvalue weighted by Crippen LogP contribution is 2.30. The number of hydrogen-bond donors (Lipinski definition) is 1. The second kappa shape index (κ2) is 10.9. The quantitative estimate of drug-likeness (QED) is 0.514. The number of aliphatic imine (C=N–C) groups is 1. The molecule has 7 nitrogen and oxygen atoms in total. The molecule has 3 rings (SSSR count). The second-order valence-electron chi connectivity index (χ2n) is 7.47. The average molecular weight is 445 g/mol. The van der Waals surface area contributed by atoms with E-state index in [1.165, 1.54) is 13.2 Å². The third-order valence-corrected chi connectivity index (χ3v) is 5.14. The number of hydrogen-bond acceptors (Lipinski definition) is 5. The zero-order chi connectivity index (χ0) is 22.3. The SMILES string of the molecule is CCNC(=NCc1ccc(OCC(F)(F)F)c(OC)c1)N1CCOC(C2CCCO2)C1. The van der Waals surface area contributed by atoms with Crippen LogP contribution in [0.1, 0.15) is 25.3 Å². The average Bonchev–Trinajstić information content (AvgIpc) is 3.30. The Bertz CT molecular complexity index is 739. The molecule has 0 bridgehead atoms. The third kappa shape index (κ3) is 6.90. The number of benzene rings is 1. The maximum Gasteiger partial charge on any atom is 0.422 e. The number of halogens is 3. The van der Waals surface area contributed by atoms with Gasteiger partial charge in [0.25, 0.3) is 0 Å². The fourth-order valence-corrected chi connectivity index (χ4v) is 3.67. The Morgan fingerprint density at radius 1 is 1.23 bits per heavy atom. The predicted molar refractivity (Wildman–Crippen MR) is 110 cm³/mol. The summed E-state index contributed by atoms with van der Waals surface area (Å²) in [6.07, 6.45) is -2.20. The predicted octanol–water partition coefficient (Wildman–Crippen LogP) is 2.98. The van der Waals surface area contributed by atoms with Crippen LogP contribution in [0.3, 0.4) is 0 Å². The van der Waals surface area contributed by atoms with Crippen LogP contribution in [0.25, 0.3) is 0 Å². The highest BCUT2D eigenvalue weighted by Gasteiger charge is 2.32. The molecule has 0 saturated carbocycles. The monoisotopic (exact) mass is 445 g/mol. The Kier molecular flexibility index (Phi) is 8.25. The van der Waals surface area contributed by atoms with Gasteiger partial charge in [-0.25, -0.2) is 4.99 Å². The second-order valence-corrected chi connectivity index (χ2v) is 7.47. The van der Waals surface area contributed by atoms with Crippen LogP contribution < -0.4 is 14.8 Å². The summed E-state index contributed by atoms with van der Waals surface area (Å²) in [5, 5.41) is 3.31. The van der Waals surface area contributed by atoms with Crippen LogP contribution in [0.2, 0.25) is 0 Å². The minimum absolute atomic E-state index is 0.0188. The first-order valence-corrected chi connectivity index (χ1v) is 10.5. The molecule has 2 atom stereocenters. The lowest BCUT2D eigenvalue weighted by molar-refractivity contribution is -0.153. The molecule has 2 aliphatic heterocycles. The molecule has 1 aromatic rings. The highest BCUT2D eigenvalue weighted by molar-refractivity contribution is 5.80. The topological polar surface area (TPSA) is 64.6 Å². The van der Waals surface area contributed by atoms with Crippen molar-refractivity contribution in [2.24, 2.45) is 4.99 Å². The molecular weight excluding hydrogens is 415 g/mol. The zero-order valence-electron chi connectivity index (χ0n) is 17.9. The molecular formula is C21H30F3N3O4. The molecule has 0 spiro atoms. The van der Waals surface area contributed by atoms with Gasteiger partial charge in [-0.2, -0.15) is 13.2 Å². The first kappa shape index (κ1) is 23.5. The minimum atomic E-state index is -4.41. The number of morpholine rings is 1. The molecule has 2 aliphatic rings. The summed E-state index contributed by atoms with van der Waals surface area (Å²) in [7, 11) is 1.39. The molecule has 0 radical (unpaired) electrons. The van der Waals surface area contributed by atoms with Crippen molar-refractivity contribution in [3.05, 3.63) is 23.8 Å². The van der Waals surface area contributed by atoms with Crippen molar-refractivity contribution >= 4 is 5.96 Å². The van der Waals surface area contributed by atoms with Gasteiger partial charge in [0, 0.05) is 26.2 Å². The summed E-state index contributed by atoms with van der Waals surface area (Å²) < 4.78 is 59.0. The number of rotatable bonds is 7. The van der Waals surface area contributed by atoms with Crippen LogP contribution >= 0.6 is 0 Å². The van der Waals surface area contributed by atoms with E-state index in [0.29, 0.717) is 26.2 Å². The zero-order valence-corrected chi connectivity index (χ0v) is 17.9. The normalized spacial score (nSPS) is 22.5. The van der Waals surface area contributed by atoms with Gasteiger partial charge in [-0.05, 0) is 37.5 Å². The van der Waals surface area contributed by atoms with Crippen molar-refractivity contribution in [1.29, 1.82) is 0 Å². The third-order valence-electron chi connectivity index (χ3n) is 5.14. The Balaban J connectivity index is 1.66. The summed E-state index contributed by atoms with van der Waals surface area (Å²) in [6, 6.07) is 4.81. The molecule has 0 amide bonds. The van der Waals surface area contributed by atoms with E-state index in [1.54, 1.807) is 12.1 Å². The van der Waals surface area contributed by atoms with Crippen LogP contribution in [0.5, 0.6) is 11.5 Å². The summed E-state index contributed by atoms with van der Waals surface area (Å²) >= 11 is 0. The fraction of sp³-hybridized carbons (Fsp3) is 0.667. The molecule has 1 aromatic carbocycles. The Morgan fingerprint density at radius 2 is 2.03 bits per heavy atom. The molecule has 10 heteroatoms. The van der Waals surface area contributed by atoms with Gasteiger partial charge in [-0.1, -0.05) is 6.07 Å². The van der Waals surface area contributed by atoms with Gasteiger partial charge in [0.2, 0.25) is 0 Å². The molecule has 174 valence electrons. The van der Waals surface area contributed by atoms with E-state index in [2.05, 4.69) is 10.2 Å². The first-order valence-electron chi connectivity index (χ1n) is 10.5. The molecule has 2 fully saturated rings. The fourth-order valence-electron chi connectivity index (χ4n) is 3.67. The molecule has 1 N–H and O–H groups in total. The van der Waals surface area contributed by atoms with Crippen LogP contribution in [-0.2, 0) is 16.0 Å². The summed E-state index contributed by atoms with van der Waals surface area (Å²) in [5.41, 5.74) is 0.801. The molecule has 31 heavy (non-hydrogen) atoms. The molecule has 0 aromatic heterocycles. The van der Waals surface area contributed by atoms with Gasteiger partial charge in [-0.15, -0.1) is 0 Å². The lowest BCUT2D eigenvalue weighted by Gasteiger charge is -2.37. The van der Waals surface area contributed by atoms with Gasteiger partial charge in [0.15, 0.2) is 24.1 Å². The van der Waals surface area contributed by atoms with E-state index in [4.69, 9.17) is 23.9 Å². The van der Waals surface area contributed by atoms with E-state index >= 15 is 0 Å². The van der Waals surface area contributed by atoms with Crippen molar-refractivity contribution in [3.8, 4) is 11.5 Å². The first-order chi connectivity index (χ1) is 14.9. The number of methoxy groups -OCH3 is 1. The lowest BCUT2D eigenvalue weighted by atomic mass is 10.1. The maximum absolute atomic E-state index is 12.4. The van der Waals surface area contributed by atoms with Crippen LogP contribution in [0.15, 0.2) is 23.2 Å². The van der Waals surface area contributed by atoms with Crippen molar-refractivity contribution in [2.45, 2.75) is 44.7 Å². The van der Waals surface area contributed by atoms with Gasteiger partial charge in [0.05, 0.1) is 26.4 Å². The maximum atomic E-state index is 12.4. The highest BCUT2D eigenvalue weighted by atomic mass is 19.4. The van der Waals surface area contributed by atoms with Gasteiger partial charge < -0.3 is 29.2 Å². The smallest absolute Gasteiger partial charge is 0.422 e. The summed E-state index contributed by atoms with van der Waals surface area (Å²) in [4.78, 5) is 6.88. The van der Waals surface area contributed by atoms with Crippen LogP contribution in [-0.4, -0.2) is 75.8 Å². The van der Waals surface area contributed by atoms with E-state index in [-0.39, 0.29) is 23.7 Å². The molecule has 2 saturated heterocycles. The number of ether oxygens (including phenoxy) is 4. The van der Waals surface area contributed by atoms with E-state index in [1.807, 2.05) is 6.92 Å². The molecule has 2 unspecified atom stereocenters. The standard InChI is InChI=1S/C21H30F3N3O4/c1-3-25-20(27-8-10-30-19(13-27)16-5-4-9-29-16)26-12-15-6-7-17(18(11-15)28-2)31-14-21(22,23)24/h6-7,11,16,19H,3-5,8-10,12-14H2,1-2H3,(H,25,26). The van der Waals surface area contributed by atoms with Gasteiger partial charge in [-0.3, -0.25) is 0 Å². The largest absolute Gasteiger partial charge is 0.493 e. The van der Waals surface area contributed by atoms with Gasteiger partial charge in [0.1, 0.15) is 6.10 Å². The summed E-state index contributed by atoms with van der Waals surface area (Å²) in [5.74, 6) is 1.06. The van der Waals surface area contributed by atoms with E-state index in [0.717, 1.165) is 37.5 Å². The van der Waals surface area contributed by atoms with Crippen molar-refractivity contribution in [1.82, 2.24) is 10.2 Å².